The van der Waals surface area contributed by atoms with Crippen molar-refractivity contribution >= 4 is 17.5 Å². The van der Waals surface area contributed by atoms with Crippen LogP contribution in [0.3, 0.4) is 0 Å². The first-order valence-electron chi connectivity index (χ1n) is 7.57. The van der Waals surface area contributed by atoms with Gasteiger partial charge in [-0.3, -0.25) is 14.4 Å². The highest BCUT2D eigenvalue weighted by Gasteiger charge is 2.41. The van der Waals surface area contributed by atoms with Gasteiger partial charge in [0, 0.05) is 0 Å². The van der Waals surface area contributed by atoms with Gasteiger partial charge in [-0.05, 0) is 39.5 Å². The monoisotopic (exact) mass is 314 g/mol. The summed E-state index contributed by atoms with van der Waals surface area (Å²) < 4.78 is 5.32. The standard InChI is InChI=1S/C16H30N2O4/c1-8(2)12(17)14(20)11(9(3)13(18)10(4)19)15(21)22-16(5,6)7/h8-9,11-13H,17-18H2,1-7H3/t9?,11?,12-,13?/m0/s1. The molecule has 0 fully saturated rings. The van der Waals surface area contributed by atoms with Crippen LogP contribution in [0.2, 0.25) is 0 Å². The molecule has 0 aromatic rings. The van der Waals surface area contributed by atoms with Gasteiger partial charge >= 0.3 is 5.97 Å². The fourth-order valence-electron chi connectivity index (χ4n) is 2.07. The summed E-state index contributed by atoms with van der Waals surface area (Å²) >= 11 is 0. The Morgan fingerprint density at radius 3 is 1.73 bits per heavy atom. The van der Waals surface area contributed by atoms with Crippen molar-refractivity contribution < 1.29 is 19.1 Å². The lowest BCUT2D eigenvalue weighted by Gasteiger charge is -2.30. The molecule has 0 saturated heterocycles. The fraction of sp³-hybridized carbons (Fsp3) is 0.812. The lowest BCUT2D eigenvalue weighted by molar-refractivity contribution is -0.165. The first kappa shape index (κ1) is 20.7. The van der Waals surface area contributed by atoms with E-state index in [1.54, 1.807) is 41.5 Å². The van der Waals surface area contributed by atoms with Crippen LogP contribution in [0.15, 0.2) is 0 Å². The molecule has 4 N–H and O–H groups in total. The lowest BCUT2D eigenvalue weighted by Crippen LogP contribution is -2.51. The van der Waals surface area contributed by atoms with Gasteiger partial charge < -0.3 is 16.2 Å². The number of esters is 1. The molecule has 0 radical (unpaired) electrons. The SMILES string of the molecule is CC(=O)C(N)C(C)C(C(=O)OC(C)(C)C)C(=O)[C@@H](N)C(C)C. The number of nitrogens with two attached hydrogens (primary N) is 2. The second-order valence-electron chi connectivity index (χ2n) is 7.18. The predicted octanol–water partition coefficient (Wildman–Crippen LogP) is 1.05. The molecule has 0 rings (SSSR count). The highest BCUT2D eigenvalue weighted by atomic mass is 16.6. The predicted molar refractivity (Wildman–Crippen MR) is 85.0 cm³/mol. The van der Waals surface area contributed by atoms with Crippen molar-refractivity contribution in [3.63, 3.8) is 0 Å². The zero-order valence-electron chi connectivity index (χ0n) is 14.7. The zero-order valence-corrected chi connectivity index (χ0v) is 14.7. The van der Waals surface area contributed by atoms with Gasteiger partial charge in [0.15, 0.2) is 5.78 Å². The van der Waals surface area contributed by atoms with Gasteiger partial charge in [0.2, 0.25) is 0 Å². The van der Waals surface area contributed by atoms with E-state index in [0.717, 1.165) is 0 Å². The normalized spacial score (nSPS) is 17.5. The first-order valence-corrected chi connectivity index (χ1v) is 7.57. The van der Waals surface area contributed by atoms with Crippen LogP contribution in [0, 0.1) is 17.8 Å². The number of rotatable bonds is 7. The van der Waals surface area contributed by atoms with E-state index in [9.17, 15) is 14.4 Å². The molecule has 6 heteroatoms. The molecule has 0 aliphatic rings. The Balaban J connectivity index is 5.53. The van der Waals surface area contributed by atoms with Gasteiger partial charge in [-0.15, -0.1) is 0 Å². The average molecular weight is 314 g/mol. The van der Waals surface area contributed by atoms with Gasteiger partial charge in [-0.2, -0.15) is 0 Å². The Morgan fingerprint density at radius 1 is 0.955 bits per heavy atom. The van der Waals surface area contributed by atoms with Crippen LogP contribution in [0.4, 0.5) is 0 Å². The topological polar surface area (TPSA) is 112 Å². The zero-order chi connectivity index (χ0) is 17.8. The van der Waals surface area contributed by atoms with Crippen LogP contribution in [0.1, 0.15) is 48.5 Å². The maximum atomic E-state index is 12.6. The maximum Gasteiger partial charge on any atom is 0.317 e. The second-order valence-corrected chi connectivity index (χ2v) is 7.18. The summed E-state index contributed by atoms with van der Waals surface area (Å²) in [5.41, 5.74) is 11.0. The molecule has 0 spiro atoms. The van der Waals surface area contributed by atoms with Gasteiger partial charge in [0.05, 0.1) is 12.1 Å². The van der Waals surface area contributed by atoms with Crippen molar-refractivity contribution in [2.24, 2.45) is 29.2 Å². The highest BCUT2D eigenvalue weighted by molar-refractivity contribution is 6.02. The fourth-order valence-corrected chi connectivity index (χ4v) is 2.07. The molecule has 3 unspecified atom stereocenters. The minimum atomic E-state index is -1.14. The Hall–Kier alpha value is -1.27. The Kier molecular flexibility index (Phi) is 7.38. The van der Waals surface area contributed by atoms with Crippen molar-refractivity contribution in [2.45, 2.75) is 66.2 Å². The molecule has 4 atom stereocenters. The number of carbonyl (C=O) groups is 3. The average Bonchev–Trinajstić information content (AvgIpc) is 2.34. The van der Waals surface area contributed by atoms with Crippen molar-refractivity contribution in [1.82, 2.24) is 0 Å². The van der Waals surface area contributed by atoms with E-state index in [2.05, 4.69) is 0 Å². The first-order chi connectivity index (χ1) is 9.79. The summed E-state index contributed by atoms with van der Waals surface area (Å²) in [5, 5.41) is 0. The van der Waals surface area contributed by atoms with E-state index in [1.807, 2.05) is 0 Å². The van der Waals surface area contributed by atoms with Gasteiger partial charge in [-0.25, -0.2) is 0 Å². The van der Waals surface area contributed by atoms with Crippen LogP contribution in [-0.4, -0.2) is 35.2 Å². The second kappa shape index (κ2) is 7.83. The molecule has 128 valence electrons. The van der Waals surface area contributed by atoms with E-state index < -0.39 is 41.3 Å². The molecule has 22 heavy (non-hydrogen) atoms. The Morgan fingerprint density at radius 2 is 1.41 bits per heavy atom. The summed E-state index contributed by atoms with van der Waals surface area (Å²) in [4.78, 5) is 36.5. The van der Waals surface area contributed by atoms with Gasteiger partial charge in [-0.1, -0.05) is 20.8 Å². The summed E-state index contributed by atoms with van der Waals surface area (Å²) in [6.07, 6.45) is 0. The molecule has 0 heterocycles. The number of hydrogen-bond donors (Lipinski definition) is 2. The lowest BCUT2D eigenvalue weighted by atomic mass is 9.79. The van der Waals surface area contributed by atoms with Crippen LogP contribution in [0.25, 0.3) is 0 Å². The molecule has 0 aliphatic heterocycles. The Bertz CT molecular complexity index is 426. The van der Waals surface area contributed by atoms with E-state index in [4.69, 9.17) is 16.2 Å². The number of Topliss-reactive ketones (excluding diaryl/α,β-unsaturated/α-hetero) is 2. The van der Waals surface area contributed by atoms with E-state index in [0.29, 0.717) is 0 Å². The number of hydrogen-bond acceptors (Lipinski definition) is 6. The van der Waals surface area contributed by atoms with Crippen LogP contribution >= 0.6 is 0 Å². The smallest absolute Gasteiger partial charge is 0.317 e. The van der Waals surface area contributed by atoms with Gasteiger partial charge in [0.1, 0.15) is 17.3 Å². The van der Waals surface area contributed by atoms with Crippen molar-refractivity contribution in [3.8, 4) is 0 Å². The van der Waals surface area contributed by atoms with E-state index >= 15 is 0 Å². The largest absolute Gasteiger partial charge is 0.459 e. The third-order valence-corrected chi connectivity index (χ3v) is 3.58. The van der Waals surface area contributed by atoms with Crippen LogP contribution < -0.4 is 11.5 Å². The molecular weight excluding hydrogens is 284 g/mol. The number of carbonyl (C=O) groups excluding carboxylic acids is 3. The summed E-state index contributed by atoms with van der Waals surface area (Å²) in [5.74, 6) is -3.35. The van der Waals surface area contributed by atoms with Crippen LogP contribution in [0.5, 0.6) is 0 Å². The molecule has 0 aliphatic carbocycles. The van der Waals surface area contributed by atoms with E-state index in [1.165, 1.54) is 6.92 Å². The molecule has 0 saturated carbocycles. The highest BCUT2D eigenvalue weighted by Crippen LogP contribution is 2.23. The Labute approximate surface area is 132 Å². The number of ether oxygens (including phenoxy) is 1. The molecule has 0 aromatic carbocycles. The minimum absolute atomic E-state index is 0.127. The molecule has 0 amide bonds. The maximum absolute atomic E-state index is 12.6. The molecular formula is C16H30N2O4. The minimum Gasteiger partial charge on any atom is -0.459 e. The molecule has 6 nitrogen and oxygen atoms in total. The summed E-state index contributed by atoms with van der Waals surface area (Å²) in [6.45, 7) is 11.7. The quantitative estimate of drug-likeness (QED) is 0.536. The third kappa shape index (κ3) is 5.85. The van der Waals surface area contributed by atoms with Gasteiger partial charge in [0.25, 0.3) is 0 Å². The summed E-state index contributed by atoms with van der Waals surface area (Å²) in [6, 6.07) is -1.72. The number of ketones is 2. The molecule has 0 aromatic heterocycles. The third-order valence-electron chi connectivity index (χ3n) is 3.58. The summed E-state index contributed by atoms with van der Waals surface area (Å²) in [7, 11) is 0. The van der Waals surface area contributed by atoms with Crippen molar-refractivity contribution in [2.75, 3.05) is 0 Å². The van der Waals surface area contributed by atoms with Crippen molar-refractivity contribution in [1.29, 1.82) is 0 Å². The van der Waals surface area contributed by atoms with Crippen LogP contribution in [-0.2, 0) is 19.1 Å². The van der Waals surface area contributed by atoms with E-state index in [-0.39, 0.29) is 11.7 Å². The van der Waals surface area contributed by atoms with Crippen molar-refractivity contribution in [3.05, 3.63) is 0 Å². The molecule has 0 bridgehead atoms.